The Labute approximate surface area is 119 Å². The van der Waals surface area contributed by atoms with Gasteiger partial charge in [0.05, 0.1) is 16.2 Å². The molecule has 1 N–H and O–H groups in total. The molecular weight excluding hydrogens is 254 g/mol. The summed E-state index contributed by atoms with van der Waals surface area (Å²) < 4.78 is 0. The van der Waals surface area contributed by atoms with Crippen LogP contribution in [-0.2, 0) is 5.60 Å². The zero-order valence-electron chi connectivity index (χ0n) is 12.2. The summed E-state index contributed by atoms with van der Waals surface area (Å²) in [6, 6.07) is 8.25. The van der Waals surface area contributed by atoms with Gasteiger partial charge in [-0.15, -0.1) is 11.3 Å². The fourth-order valence-electron chi connectivity index (χ4n) is 2.09. The predicted molar refractivity (Wildman–Crippen MR) is 81.6 cm³/mol. The van der Waals surface area contributed by atoms with Crippen LogP contribution in [0.5, 0.6) is 0 Å². The molecule has 0 aliphatic rings. The Morgan fingerprint density at radius 3 is 2.32 bits per heavy atom. The van der Waals surface area contributed by atoms with Crippen molar-refractivity contribution in [2.45, 2.75) is 46.1 Å². The van der Waals surface area contributed by atoms with Gasteiger partial charge in [0.25, 0.3) is 0 Å². The number of thiazole rings is 1. The van der Waals surface area contributed by atoms with Crippen LogP contribution in [0, 0.1) is 6.92 Å². The summed E-state index contributed by atoms with van der Waals surface area (Å²) in [5.41, 5.74) is 2.55. The van der Waals surface area contributed by atoms with Gasteiger partial charge in [0.1, 0.15) is 5.01 Å². The van der Waals surface area contributed by atoms with Crippen LogP contribution in [0.25, 0.3) is 10.6 Å². The average Bonchev–Trinajstić information content (AvgIpc) is 2.74. The first-order chi connectivity index (χ1) is 8.80. The summed E-state index contributed by atoms with van der Waals surface area (Å²) in [4.78, 5) is 5.74. The van der Waals surface area contributed by atoms with Gasteiger partial charge in [-0.1, -0.05) is 38.1 Å². The van der Waals surface area contributed by atoms with Gasteiger partial charge in [-0.2, -0.15) is 0 Å². The summed E-state index contributed by atoms with van der Waals surface area (Å²) in [6.45, 7) is 9.98. The molecule has 0 saturated carbocycles. The van der Waals surface area contributed by atoms with E-state index in [1.165, 1.54) is 5.56 Å². The number of hydrogen-bond acceptors (Lipinski definition) is 3. The number of aliphatic hydroxyl groups is 1. The van der Waals surface area contributed by atoms with Crippen LogP contribution in [0.2, 0.25) is 0 Å². The van der Waals surface area contributed by atoms with Crippen LogP contribution in [0.4, 0.5) is 0 Å². The molecule has 1 heterocycles. The largest absolute Gasteiger partial charge is 0.385 e. The standard InChI is InChI=1S/C16H21NOS/c1-10(2)13-14(16(4,5)18)19-15(17-13)12-9-7-6-8-11(12)3/h6-10,18H,1-5H3. The maximum Gasteiger partial charge on any atom is 0.124 e. The van der Waals surface area contributed by atoms with E-state index in [9.17, 15) is 5.11 Å². The lowest BCUT2D eigenvalue weighted by molar-refractivity contribution is 0.0811. The molecule has 3 heteroatoms. The fourth-order valence-corrected chi connectivity index (χ4v) is 3.40. The lowest BCUT2D eigenvalue weighted by Gasteiger charge is -2.17. The van der Waals surface area contributed by atoms with E-state index in [-0.39, 0.29) is 0 Å². The summed E-state index contributed by atoms with van der Waals surface area (Å²) in [6.07, 6.45) is 0. The third-order valence-corrected chi connectivity index (χ3v) is 4.55. The molecule has 0 spiro atoms. The van der Waals surface area contributed by atoms with Crippen molar-refractivity contribution in [2.24, 2.45) is 0 Å². The number of benzene rings is 1. The van der Waals surface area contributed by atoms with Gasteiger partial charge < -0.3 is 5.11 Å². The topological polar surface area (TPSA) is 33.1 Å². The quantitative estimate of drug-likeness (QED) is 0.896. The Kier molecular flexibility index (Phi) is 3.79. The maximum atomic E-state index is 10.3. The molecule has 0 unspecified atom stereocenters. The van der Waals surface area contributed by atoms with Crippen molar-refractivity contribution in [3.8, 4) is 10.6 Å². The first kappa shape index (κ1) is 14.2. The molecule has 0 fully saturated rings. The molecule has 1 aromatic heterocycles. The van der Waals surface area contributed by atoms with E-state index in [1.807, 2.05) is 26.0 Å². The maximum absolute atomic E-state index is 10.3. The van der Waals surface area contributed by atoms with Gasteiger partial charge in [0.15, 0.2) is 0 Å². The predicted octanol–water partition coefficient (Wildman–Crippen LogP) is 4.47. The molecule has 2 rings (SSSR count). The third kappa shape index (κ3) is 2.88. The molecule has 0 radical (unpaired) electrons. The van der Waals surface area contributed by atoms with Crippen LogP contribution in [0.3, 0.4) is 0 Å². The lowest BCUT2D eigenvalue weighted by Crippen LogP contribution is -2.16. The molecule has 0 atom stereocenters. The van der Waals surface area contributed by atoms with Gasteiger partial charge >= 0.3 is 0 Å². The SMILES string of the molecule is Cc1ccccc1-c1nc(C(C)C)c(C(C)(C)O)s1. The van der Waals surface area contributed by atoms with Gasteiger partial charge in [0.2, 0.25) is 0 Å². The van der Waals surface area contributed by atoms with Crippen LogP contribution >= 0.6 is 11.3 Å². The highest BCUT2D eigenvalue weighted by Gasteiger charge is 2.26. The van der Waals surface area contributed by atoms with Crippen molar-refractivity contribution in [3.05, 3.63) is 40.4 Å². The Morgan fingerprint density at radius 2 is 1.84 bits per heavy atom. The smallest absolute Gasteiger partial charge is 0.124 e. The van der Waals surface area contributed by atoms with Gasteiger partial charge in [-0.3, -0.25) is 0 Å². The molecule has 2 aromatic rings. The van der Waals surface area contributed by atoms with Crippen LogP contribution < -0.4 is 0 Å². The number of aryl methyl sites for hydroxylation is 1. The zero-order chi connectivity index (χ0) is 14.2. The van der Waals surface area contributed by atoms with Gasteiger partial charge in [0, 0.05) is 5.56 Å². The molecule has 2 nitrogen and oxygen atoms in total. The van der Waals surface area contributed by atoms with E-state index in [0.29, 0.717) is 5.92 Å². The van der Waals surface area contributed by atoms with Crippen LogP contribution in [0.15, 0.2) is 24.3 Å². The third-order valence-electron chi connectivity index (χ3n) is 3.13. The number of rotatable bonds is 3. The normalized spacial score (nSPS) is 12.2. The highest BCUT2D eigenvalue weighted by Crippen LogP contribution is 2.38. The highest BCUT2D eigenvalue weighted by molar-refractivity contribution is 7.15. The molecule has 102 valence electrons. The number of aromatic nitrogens is 1. The second-order valence-corrected chi connectivity index (χ2v) is 6.76. The summed E-state index contributed by atoms with van der Waals surface area (Å²) in [7, 11) is 0. The Morgan fingerprint density at radius 1 is 1.21 bits per heavy atom. The van der Waals surface area contributed by atoms with E-state index in [1.54, 1.807) is 11.3 Å². The van der Waals surface area contributed by atoms with Gasteiger partial charge in [-0.05, 0) is 32.3 Å². The first-order valence-electron chi connectivity index (χ1n) is 6.60. The molecule has 0 aliphatic heterocycles. The number of hydrogen-bond donors (Lipinski definition) is 1. The van der Waals surface area contributed by atoms with Crippen molar-refractivity contribution in [2.75, 3.05) is 0 Å². The first-order valence-corrected chi connectivity index (χ1v) is 7.42. The molecule has 1 aromatic carbocycles. The zero-order valence-corrected chi connectivity index (χ0v) is 13.0. The summed E-state index contributed by atoms with van der Waals surface area (Å²) in [5, 5.41) is 11.3. The van der Waals surface area contributed by atoms with E-state index >= 15 is 0 Å². The van der Waals surface area contributed by atoms with Gasteiger partial charge in [-0.25, -0.2) is 4.98 Å². The van der Waals surface area contributed by atoms with Crippen molar-refractivity contribution < 1.29 is 5.11 Å². The second-order valence-electron chi connectivity index (χ2n) is 5.76. The molecule has 0 amide bonds. The van der Waals surface area contributed by atoms with E-state index in [2.05, 4.69) is 32.9 Å². The van der Waals surface area contributed by atoms with Crippen molar-refractivity contribution >= 4 is 11.3 Å². The van der Waals surface area contributed by atoms with E-state index < -0.39 is 5.60 Å². The fraction of sp³-hybridized carbons (Fsp3) is 0.438. The molecule has 0 saturated heterocycles. The van der Waals surface area contributed by atoms with E-state index in [4.69, 9.17) is 4.98 Å². The minimum absolute atomic E-state index is 0.315. The molecule has 0 aliphatic carbocycles. The summed E-state index contributed by atoms with van der Waals surface area (Å²) in [5.74, 6) is 0.315. The monoisotopic (exact) mass is 275 g/mol. The summed E-state index contributed by atoms with van der Waals surface area (Å²) >= 11 is 1.60. The second kappa shape index (κ2) is 5.06. The van der Waals surface area contributed by atoms with Crippen LogP contribution in [0.1, 0.15) is 49.7 Å². The van der Waals surface area contributed by atoms with E-state index in [0.717, 1.165) is 21.1 Å². The Balaban J connectivity index is 2.59. The van der Waals surface area contributed by atoms with Crippen molar-refractivity contribution in [1.29, 1.82) is 0 Å². The Bertz CT molecular complexity index is 579. The minimum Gasteiger partial charge on any atom is -0.385 e. The number of nitrogens with zero attached hydrogens (tertiary/aromatic N) is 1. The average molecular weight is 275 g/mol. The van der Waals surface area contributed by atoms with Crippen LogP contribution in [-0.4, -0.2) is 10.1 Å². The van der Waals surface area contributed by atoms with Crippen molar-refractivity contribution in [3.63, 3.8) is 0 Å². The molecule has 0 bridgehead atoms. The lowest BCUT2D eigenvalue weighted by atomic mass is 10.0. The minimum atomic E-state index is -0.835. The molecular formula is C16H21NOS. The highest BCUT2D eigenvalue weighted by atomic mass is 32.1. The molecule has 19 heavy (non-hydrogen) atoms. The van der Waals surface area contributed by atoms with Crippen molar-refractivity contribution in [1.82, 2.24) is 4.98 Å². The Hall–Kier alpha value is -1.19.